The lowest BCUT2D eigenvalue weighted by Gasteiger charge is -2.30. The number of hydrogen-bond donors (Lipinski definition) is 0. The van der Waals surface area contributed by atoms with Crippen LogP contribution in [-0.2, 0) is 6.42 Å². The van der Waals surface area contributed by atoms with E-state index in [1.54, 1.807) is 0 Å². The molecule has 24 heavy (non-hydrogen) atoms. The standard InChI is InChI=1S/C23H39Br/c1-4-5-6-7-8-9-10-11-12-14-17-21(2)23(3,24)20-22-18-15-13-16-19-22/h13,15-16,18-19,21H,4-12,14,17,20H2,1-3H3. The highest BCUT2D eigenvalue weighted by molar-refractivity contribution is 9.10. The number of halogens is 1. The van der Waals surface area contributed by atoms with E-state index in [0.717, 1.165) is 6.42 Å². The fourth-order valence-electron chi connectivity index (χ4n) is 3.41. The average Bonchev–Trinajstić information content (AvgIpc) is 2.57. The van der Waals surface area contributed by atoms with Crippen LogP contribution in [0.3, 0.4) is 0 Å². The van der Waals surface area contributed by atoms with Crippen molar-refractivity contribution >= 4 is 15.9 Å². The van der Waals surface area contributed by atoms with Gasteiger partial charge in [-0.2, -0.15) is 0 Å². The molecular weight excluding hydrogens is 356 g/mol. The van der Waals surface area contributed by atoms with Crippen LogP contribution in [0, 0.1) is 5.92 Å². The summed E-state index contributed by atoms with van der Waals surface area (Å²) in [6.07, 6.45) is 16.7. The number of rotatable bonds is 14. The van der Waals surface area contributed by atoms with Crippen molar-refractivity contribution in [2.75, 3.05) is 0 Å². The van der Waals surface area contributed by atoms with Gasteiger partial charge < -0.3 is 0 Å². The Labute approximate surface area is 160 Å². The number of benzene rings is 1. The van der Waals surface area contributed by atoms with Gasteiger partial charge in [0, 0.05) is 4.32 Å². The molecule has 138 valence electrons. The quantitative estimate of drug-likeness (QED) is 0.219. The van der Waals surface area contributed by atoms with Crippen LogP contribution in [0.25, 0.3) is 0 Å². The molecule has 0 nitrogen and oxygen atoms in total. The summed E-state index contributed by atoms with van der Waals surface area (Å²) in [5.74, 6) is 0.715. The molecule has 2 atom stereocenters. The molecule has 0 heterocycles. The van der Waals surface area contributed by atoms with Crippen molar-refractivity contribution in [3.8, 4) is 0 Å². The topological polar surface area (TPSA) is 0 Å². The molecule has 0 aromatic heterocycles. The zero-order valence-electron chi connectivity index (χ0n) is 16.3. The molecule has 0 saturated carbocycles. The molecule has 0 fully saturated rings. The summed E-state index contributed by atoms with van der Waals surface area (Å²) >= 11 is 4.01. The smallest absolute Gasteiger partial charge is 0.0295 e. The van der Waals surface area contributed by atoms with Gasteiger partial charge >= 0.3 is 0 Å². The first kappa shape index (κ1) is 21.7. The number of hydrogen-bond acceptors (Lipinski definition) is 0. The molecule has 0 amide bonds. The third-order valence-corrected chi connectivity index (χ3v) is 6.47. The maximum Gasteiger partial charge on any atom is 0.0295 e. The van der Waals surface area contributed by atoms with Crippen LogP contribution in [-0.4, -0.2) is 4.32 Å². The van der Waals surface area contributed by atoms with Crippen LogP contribution in [0.5, 0.6) is 0 Å². The monoisotopic (exact) mass is 394 g/mol. The van der Waals surface area contributed by atoms with Crippen LogP contribution in [0.15, 0.2) is 30.3 Å². The van der Waals surface area contributed by atoms with Gasteiger partial charge in [-0.15, -0.1) is 0 Å². The van der Waals surface area contributed by atoms with Crippen molar-refractivity contribution < 1.29 is 0 Å². The van der Waals surface area contributed by atoms with Gasteiger partial charge in [-0.05, 0) is 31.2 Å². The summed E-state index contributed by atoms with van der Waals surface area (Å²) in [5, 5.41) is 0. The van der Waals surface area contributed by atoms with Crippen LogP contribution >= 0.6 is 15.9 Å². The van der Waals surface area contributed by atoms with Crippen molar-refractivity contribution in [1.82, 2.24) is 0 Å². The third kappa shape index (κ3) is 9.87. The van der Waals surface area contributed by atoms with E-state index >= 15 is 0 Å². The molecule has 0 aliphatic rings. The second-order valence-corrected chi connectivity index (χ2v) is 9.62. The molecular formula is C23H39Br. The first-order valence-electron chi connectivity index (χ1n) is 10.3. The Morgan fingerprint density at radius 1 is 0.833 bits per heavy atom. The van der Waals surface area contributed by atoms with Crippen molar-refractivity contribution in [1.29, 1.82) is 0 Å². The first-order chi connectivity index (χ1) is 11.6. The molecule has 0 N–H and O–H groups in total. The van der Waals surface area contributed by atoms with Gasteiger partial charge in [-0.25, -0.2) is 0 Å². The summed E-state index contributed by atoms with van der Waals surface area (Å²) in [6, 6.07) is 10.9. The molecule has 1 heteroatoms. The minimum Gasteiger partial charge on any atom is -0.0850 e. The van der Waals surface area contributed by atoms with E-state index < -0.39 is 0 Å². The fraction of sp³-hybridized carbons (Fsp3) is 0.739. The van der Waals surface area contributed by atoms with Crippen LogP contribution in [0.4, 0.5) is 0 Å². The van der Waals surface area contributed by atoms with Gasteiger partial charge in [-0.1, -0.05) is 124 Å². The molecule has 1 aromatic carbocycles. The zero-order chi connectivity index (χ0) is 17.7. The van der Waals surface area contributed by atoms with E-state index in [4.69, 9.17) is 0 Å². The summed E-state index contributed by atoms with van der Waals surface area (Å²) in [6.45, 7) is 7.06. The largest absolute Gasteiger partial charge is 0.0850 e. The minimum atomic E-state index is 0.216. The van der Waals surface area contributed by atoms with E-state index in [-0.39, 0.29) is 4.32 Å². The molecule has 2 unspecified atom stereocenters. The Morgan fingerprint density at radius 2 is 1.33 bits per heavy atom. The Bertz CT molecular complexity index is 396. The summed E-state index contributed by atoms with van der Waals surface area (Å²) < 4.78 is 0.216. The first-order valence-corrected chi connectivity index (χ1v) is 11.1. The lowest BCUT2D eigenvalue weighted by atomic mass is 9.86. The Morgan fingerprint density at radius 3 is 1.88 bits per heavy atom. The van der Waals surface area contributed by atoms with Gasteiger partial charge in [0.05, 0.1) is 0 Å². The van der Waals surface area contributed by atoms with Crippen LogP contribution in [0.2, 0.25) is 0 Å². The fourth-order valence-corrected chi connectivity index (χ4v) is 3.96. The van der Waals surface area contributed by atoms with E-state index in [9.17, 15) is 0 Å². The maximum atomic E-state index is 4.01. The molecule has 0 bridgehead atoms. The van der Waals surface area contributed by atoms with Crippen molar-refractivity contribution in [3.05, 3.63) is 35.9 Å². The van der Waals surface area contributed by atoms with Crippen LogP contribution in [0.1, 0.15) is 97.0 Å². The number of alkyl halides is 1. The Hall–Kier alpha value is -0.300. The van der Waals surface area contributed by atoms with Gasteiger partial charge in [-0.3, -0.25) is 0 Å². The van der Waals surface area contributed by atoms with E-state index in [1.165, 1.54) is 76.2 Å². The van der Waals surface area contributed by atoms with E-state index in [0.29, 0.717) is 5.92 Å². The van der Waals surface area contributed by atoms with Crippen molar-refractivity contribution in [2.45, 2.75) is 102 Å². The zero-order valence-corrected chi connectivity index (χ0v) is 17.9. The molecule has 0 aliphatic heterocycles. The van der Waals surface area contributed by atoms with Gasteiger partial charge in [0.25, 0.3) is 0 Å². The molecule has 1 aromatic rings. The van der Waals surface area contributed by atoms with Crippen molar-refractivity contribution in [3.63, 3.8) is 0 Å². The second kappa shape index (κ2) is 13.0. The Balaban J connectivity index is 2.07. The van der Waals surface area contributed by atoms with E-state index in [1.807, 2.05) is 0 Å². The average molecular weight is 395 g/mol. The third-order valence-electron chi connectivity index (χ3n) is 5.41. The highest BCUT2D eigenvalue weighted by Crippen LogP contribution is 2.34. The van der Waals surface area contributed by atoms with Crippen molar-refractivity contribution in [2.24, 2.45) is 5.92 Å². The molecule has 0 aliphatic carbocycles. The molecule has 1 rings (SSSR count). The van der Waals surface area contributed by atoms with Gasteiger partial charge in [0.15, 0.2) is 0 Å². The molecule has 0 spiro atoms. The Kier molecular flexibility index (Phi) is 11.8. The normalized spacial score (nSPS) is 15.2. The minimum absolute atomic E-state index is 0.216. The second-order valence-electron chi connectivity index (χ2n) is 7.81. The summed E-state index contributed by atoms with van der Waals surface area (Å²) in [5.41, 5.74) is 1.44. The summed E-state index contributed by atoms with van der Waals surface area (Å²) in [7, 11) is 0. The highest BCUT2D eigenvalue weighted by Gasteiger charge is 2.27. The lowest BCUT2D eigenvalue weighted by molar-refractivity contribution is 0.391. The predicted molar refractivity (Wildman–Crippen MR) is 113 cm³/mol. The summed E-state index contributed by atoms with van der Waals surface area (Å²) in [4.78, 5) is 0. The lowest BCUT2D eigenvalue weighted by Crippen LogP contribution is -2.28. The van der Waals surface area contributed by atoms with Crippen LogP contribution < -0.4 is 0 Å². The van der Waals surface area contributed by atoms with E-state index in [2.05, 4.69) is 67.0 Å². The van der Waals surface area contributed by atoms with Gasteiger partial charge in [0.2, 0.25) is 0 Å². The number of unbranched alkanes of at least 4 members (excludes halogenated alkanes) is 9. The molecule has 0 saturated heterocycles. The predicted octanol–water partition coefficient (Wildman–Crippen LogP) is 8.33. The maximum absolute atomic E-state index is 4.01. The SMILES string of the molecule is CCCCCCCCCCCCC(C)C(C)(Br)Cc1ccccc1. The highest BCUT2D eigenvalue weighted by atomic mass is 79.9. The van der Waals surface area contributed by atoms with Gasteiger partial charge in [0.1, 0.15) is 0 Å². The molecule has 0 radical (unpaired) electrons.